The van der Waals surface area contributed by atoms with E-state index in [1.54, 1.807) is 30.3 Å². The zero-order chi connectivity index (χ0) is 15.2. The summed E-state index contributed by atoms with van der Waals surface area (Å²) in [5, 5.41) is 23.7. The largest absolute Gasteiger partial charge is 0.872 e. The van der Waals surface area contributed by atoms with Gasteiger partial charge in [-0.2, -0.15) is 0 Å². The molecule has 2 rings (SSSR count). The minimum Gasteiger partial charge on any atom is -0.872 e. The highest BCUT2D eigenvalue weighted by molar-refractivity contribution is 7.94. The second-order valence-electron chi connectivity index (χ2n) is 3.92. The minimum atomic E-state index is -0.463. The van der Waals surface area contributed by atoms with Gasteiger partial charge in [-0.25, -0.2) is 5.26 Å². The highest BCUT2D eigenvalue weighted by Gasteiger charge is 2.14. The quantitative estimate of drug-likeness (QED) is 0.379. The van der Waals surface area contributed by atoms with Gasteiger partial charge in [0.05, 0.1) is 24.0 Å². The maximum Gasteiger partial charge on any atom is 0.192 e. The van der Waals surface area contributed by atoms with Gasteiger partial charge in [0.1, 0.15) is 5.75 Å². The van der Waals surface area contributed by atoms with E-state index in [-0.39, 0.29) is 11.3 Å². The van der Waals surface area contributed by atoms with Gasteiger partial charge in [-0.05, 0) is 12.1 Å². The smallest absolute Gasteiger partial charge is 0.192 e. The van der Waals surface area contributed by atoms with Crippen LogP contribution in [0.1, 0.15) is 15.9 Å². The zero-order valence-corrected chi connectivity index (χ0v) is 11.8. The zero-order valence-electron chi connectivity index (χ0n) is 10.9. The molecule has 0 unspecified atom stereocenters. The second kappa shape index (κ2) is 7.09. The molecule has 0 bridgehead atoms. The van der Waals surface area contributed by atoms with Crippen LogP contribution >= 0.6 is 12.0 Å². The molecule has 2 aromatic carbocycles. The first-order valence-electron chi connectivity index (χ1n) is 5.81. The van der Waals surface area contributed by atoms with Crippen molar-refractivity contribution in [3.8, 4) is 11.5 Å². The van der Waals surface area contributed by atoms with Crippen LogP contribution in [0.4, 0.5) is 0 Å². The van der Waals surface area contributed by atoms with E-state index in [1.807, 2.05) is 0 Å². The van der Waals surface area contributed by atoms with Crippen molar-refractivity contribution in [3.05, 3.63) is 53.6 Å². The Balaban J connectivity index is 2.41. The molecule has 0 aliphatic heterocycles. The summed E-state index contributed by atoms with van der Waals surface area (Å²) in [6.07, 6.45) is 0. The molecule has 0 saturated heterocycles. The van der Waals surface area contributed by atoms with E-state index >= 15 is 0 Å². The summed E-state index contributed by atoms with van der Waals surface area (Å²) < 4.78 is 9.34. The Morgan fingerprint density at radius 1 is 1.24 bits per heavy atom. The van der Waals surface area contributed by atoms with Crippen LogP contribution in [-0.2, 0) is 9.37 Å². The van der Waals surface area contributed by atoms with E-state index in [0.717, 1.165) is 0 Å². The topological polar surface area (TPSA) is 88.1 Å². The number of ketones is 1. The van der Waals surface area contributed by atoms with Gasteiger partial charge in [-0.1, -0.05) is 41.1 Å². The second-order valence-corrected chi connectivity index (χ2v) is 4.66. The van der Waals surface area contributed by atoms with Gasteiger partial charge in [0.15, 0.2) is 5.78 Å². The Morgan fingerprint density at radius 3 is 2.57 bits per heavy atom. The van der Waals surface area contributed by atoms with E-state index in [9.17, 15) is 9.90 Å². The summed E-state index contributed by atoms with van der Waals surface area (Å²) in [5.41, 5.74) is 0.376. The van der Waals surface area contributed by atoms with E-state index in [1.165, 1.54) is 19.2 Å². The molecule has 0 aromatic heterocycles. The fraction of sp³-hybridized carbons (Fsp3) is 0.0714. The van der Waals surface area contributed by atoms with Crippen molar-refractivity contribution in [2.75, 3.05) is 7.11 Å². The van der Waals surface area contributed by atoms with Crippen molar-refractivity contribution in [1.82, 2.24) is 0 Å². The molecule has 1 N–H and O–H groups in total. The van der Waals surface area contributed by atoms with Crippen molar-refractivity contribution in [1.29, 1.82) is 0 Å². The van der Waals surface area contributed by atoms with Crippen LogP contribution in [-0.4, -0.2) is 18.2 Å². The predicted octanol–water partition coefficient (Wildman–Crippen LogP) is 2.43. The Kier molecular flexibility index (Phi) is 5.18. The van der Waals surface area contributed by atoms with Gasteiger partial charge in [-0.15, -0.1) is 4.33 Å². The van der Waals surface area contributed by atoms with Crippen LogP contribution in [0.25, 0.3) is 0 Å². The first kappa shape index (κ1) is 15.3. The van der Waals surface area contributed by atoms with Crippen LogP contribution in [0.5, 0.6) is 11.5 Å². The van der Waals surface area contributed by atoms with Crippen LogP contribution in [0.3, 0.4) is 0 Å². The third-order valence-electron chi connectivity index (χ3n) is 2.70. The maximum atomic E-state index is 12.3. The Labute approximate surface area is 124 Å². The molecule has 110 valence electrons. The van der Waals surface area contributed by atoms with Gasteiger partial charge in [-0.3, -0.25) is 4.79 Å². The summed E-state index contributed by atoms with van der Waals surface area (Å²) in [6, 6.07) is 10.9. The molecular weight excluding hydrogens is 296 g/mol. The summed E-state index contributed by atoms with van der Waals surface area (Å²) in [5.74, 6) is -0.656. The average Bonchev–Trinajstić information content (AvgIpc) is 2.53. The van der Waals surface area contributed by atoms with Gasteiger partial charge in [0.25, 0.3) is 0 Å². The number of rotatable bonds is 6. The Hall–Kier alpha value is -2.06. The van der Waals surface area contributed by atoms with Crippen LogP contribution in [0.15, 0.2) is 47.4 Å². The molecule has 0 atom stereocenters. The number of carbonyl (C=O) groups excluding carboxylic acids is 1. The van der Waals surface area contributed by atoms with Crippen molar-refractivity contribution in [3.63, 3.8) is 0 Å². The standard InChI is InChI=1S/C14H12O6S/c1-18-12-8-11(15)10(7-13(12)21-20-19-17)14(16)9-5-3-2-4-6-9/h2-8,15,17H,1H3/p-1. The molecule has 0 saturated carbocycles. The normalized spacial score (nSPS) is 10.4. The highest BCUT2D eigenvalue weighted by Crippen LogP contribution is 2.35. The van der Waals surface area contributed by atoms with Crippen LogP contribution < -0.4 is 9.84 Å². The van der Waals surface area contributed by atoms with Crippen molar-refractivity contribution in [2.24, 2.45) is 0 Å². The number of benzene rings is 2. The third-order valence-corrected chi connectivity index (χ3v) is 3.33. The van der Waals surface area contributed by atoms with Gasteiger partial charge < -0.3 is 9.84 Å². The SMILES string of the molecule is COc1cc([O-])c(C(=O)c2ccccc2)cc1SOOO. The Bertz CT molecular complexity index is 629. The third kappa shape index (κ3) is 3.53. The predicted molar refractivity (Wildman–Crippen MR) is 73.0 cm³/mol. The maximum absolute atomic E-state index is 12.3. The lowest BCUT2D eigenvalue weighted by Crippen LogP contribution is -2.07. The number of hydrogen-bond donors (Lipinski definition) is 1. The molecule has 6 nitrogen and oxygen atoms in total. The Morgan fingerprint density at radius 2 is 1.95 bits per heavy atom. The molecule has 21 heavy (non-hydrogen) atoms. The fourth-order valence-corrected chi connectivity index (χ4v) is 2.23. The summed E-state index contributed by atoms with van der Waals surface area (Å²) >= 11 is 0.619. The minimum absolute atomic E-state index is 0.0222. The first-order valence-corrected chi connectivity index (χ1v) is 6.55. The van der Waals surface area contributed by atoms with Crippen molar-refractivity contribution in [2.45, 2.75) is 4.90 Å². The van der Waals surface area contributed by atoms with E-state index in [0.29, 0.717) is 22.5 Å². The van der Waals surface area contributed by atoms with Crippen molar-refractivity contribution < 1.29 is 29.3 Å². The molecular formula is C14H11O6S-. The molecule has 7 heteroatoms. The first-order chi connectivity index (χ1) is 10.2. The average molecular weight is 307 g/mol. The molecule has 0 heterocycles. The summed E-state index contributed by atoms with van der Waals surface area (Å²) in [7, 11) is 1.37. The lowest BCUT2D eigenvalue weighted by molar-refractivity contribution is -0.432. The lowest BCUT2D eigenvalue weighted by Gasteiger charge is -2.16. The molecule has 0 spiro atoms. The number of methoxy groups -OCH3 is 1. The highest BCUT2D eigenvalue weighted by atomic mass is 32.2. The van der Waals surface area contributed by atoms with Crippen molar-refractivity contribution >= 4 is 17.8 Å². The van der Waals surface area contributed by atoms with Crippen LogP contribution in [0, 0.1) is 0 Å². The van der Waals surface area contributed by atoms with E-state index < -0.39 is 11.5 Å². The number of carbonyl (C=O) groups is 1. The van der Waals surface area contributed by atoms with Gasteiger partial charge in [0, 0.05) is 11.1 Å². The number of hydrogen-bond acceptors (Lipinski definition) is 7. The molecule has 0 aliphatic carbocycles. The molecule has 0 aliphatic rings. The van der Waals surface area contributed by atoms with Gasteiger partial charge >= 0.3 is 0 Å². The molecule has 0 radical (unpaired) electrons. The fourth-order valence-electron chi connectivity index (χ4n) is 1.74. The lowest BCUT2D eigenvalue weighted by atomic mass is 10.0. The molecule has 0 amide bonds. The van der Waals surface area contributed by atoms with E-state index in [2.05, 4.69) is 9.37 Å². The molecule has 0 fully saturated rings. The summed E-state index contributed by atoms with van der Waals surface area (Å²) in [6.45, 7) is 0. The summed E-state index contributed by atoms with van der Waals surface area (Å²) in [4.78, 5) is 12.6. The van der Waals surface area contributed by atoms with E-state index in [4.69, 9.17) is 9.99 Å². The van der Waals surface area contributed by atoms with Crippen LogP contribution in [0.2, 0.25) is 0 Å². The monoisotopic (exact) mass is 307 g/mol. The van der Waals surface area contributed by atoms with Gasteiger partial charge in [0.2, 0.25) is 0 Å². The molecule has 2 aromatic rings. The number of ether oxygens (including phenoxy) is 1.